The number of unbranched alkanes of at least 4 members (excludes halogenated alkanes) is 1. The molecule has 0 aliphatic rings. The number of benzene rings is 3. The highest BCUT2D eigenvalue weighted by Gasteiger charge is 2.12. The van der Waals surface area contributed by atoms with Crippen LogP contribution in [0.25, 0.3) is 22.4 Å². The highest BCUT2D eigenvalue weighted by atomic mass is 79.9. The van der Waals surface area contributed by atoms with Crippen LogP contribution < -0.4 is 4.74 Å². The van der Waals surface area contributed by atoms with Gasteiger partial charge in [-0.2, -0.15) is 0 Å². The lowest BCUT2D eigenvalue weighted by molar-refractivity contribution is 0.301. The van der Waals surface area contributed by atoms with E-state index in [2.05, 4.69) is 88.9 Å². The maximum absolute atomic E-state index is 6.02. The number of hydrogen-bond donors (Lipinski definition) is 0. The van der Waals surface area contributed by atoms with Crippen molar-refractivity contribution < 1.29 is 4.74 Å². The van der Waals surface area contributed by atoms with Gasteiger partial charge in [0.1, 0.15) is 11.6 Å². The van der Waals surface area contributed by atoms with Crippen molar-refractivity contribution in [3.05, 3.63) is 82.3 Å². The fourth-order valence-electron chi connectivity index (χ4n) is 3.57. The first-order valence-electron chi connectivity index (χ1n) is 10.0. The predicted molar refractivity (Wildman–Crippen MR) is 124 cm³/mol. The van der Waals surface area contributed by atoms with Gasteiger partial charge >= 0.3 is 0 Å². The minimum Gasteiger partial charge on any atom is -0.493 e. The second kappa shape index (κ2) is 8.83. The summed E-state index contributed by atoms with van der Waals surface area (Å²) in [6.07, 6.45) is 2.03. The Morgan fingerprint density at radius 2 is 1.79 bits per heavy atom. The molecule has 4 rings (SSSR count). The lowest BCUT2D eigenvalue weighted by Crippen LogP contribution is -2.04. The van der Waals surface area contributed by atoms with Crippen LogP contribution in [0, 0.1) is 13.8 Å². The Morgan fingerprint density at radius 1 is 0.931 bits per heavy atom. The Labute approximate surface area is 180 Å². The molecule has 148 valence electrons. The molecule has 0 N–H and O–H groups in total. The topological polar surface area (TPSA) is 27.1 Å². The first-order chi connectivity index (χ1) is 14.1. The van der Waals surface area contributed by atoms with Gasteiger partial charge in [0.15, 0.2) is 0 Å². The third-order valence-corrected chi connectivity index (χ3v) is 5.61. The van der Waals surface area contributed by atoms with E-state index in [0.29, 0.717) is 0 Å². The van der Waals surface area contributed by atoms with E-state index in [1.807, 2.05) is 12.1 Å². The SMILES string of the molecule is Cc1ccc(C)c(OCCCCn2c(-c3cccc(Br)c3)nc3ccccc32)c1. The lowest BCUT2D eigenvalue weighted by atomic mass is 10.1. The fourth-order valence-corrected chi connectivity index (χ4v) is 3.97. The molecule has 0 atom stereocenters. The van der Waals surface area contributed by atoms with E-state index >= 15 is 0 Å². The van der Waals surface area contributed by atoms with E-state index < -0.39 is 0 Å². The molecule has 0 saturated carbocycles. The Bertz CT molecular complexity index is 1130. The smallest absolute Gasteiger partial charge is 0.141 e. The van der Waals surface area contributed by atoms with Gasteiger partial charge in [-0.25, -0.2) is 4.98 Å². The Kier molecular flexibility index (Phi) is 6.00. The zero-order valence-electron chi connectivity index (χ0n) is 16.9. The summed E-state index contributed by atoms with van der Waals surface area (Å²) < 4.78 is 9.42. The molecule has 0 amide bonds. The lowest BCUT2D eigenvalue weighted by Gasteiger charge is -2.12. The number of aryl methyl sites for hydroxylation is 3. The van der Waals surface area contributed by atoms with Crippen LogP contribution in [0.5, 0.6) is 5.75 Å². The first kappa shape index (κ1) is 19.7. The molecule has 1 heterocycles. The van der Waals surface area contributed by atoms with Crippen LogP contribution in [0.2, 0.25) is 0 Å². The Hall–Kier alpha value is -2.59. The van der Waals surface area contributed by atoms with Gasteiger partial charge in [0, 0.05) is 16.6 Å². The molecule has 0 aliphatic heterocycles. The number of halogens is 1. The van der Waals surface area contributed by atoms with E-state index in [9.17, 15) is 0 Å². The maximum atomic E-state index is 6.02. The van der Waals surface area contributed by atoms with Crippen LogP contribution >= 0.6 is 15.9 Å². The maximum Gasteiger partial charge on any atom is 0.141 e. The molecule has 1 aromatic heterocycles. The molecule has 0 fully saturated rings. The van der Waals surface area contributed by atoms with Crippen LogP contribution in [-0.2, 0) is 6.54 Å². The number of ether oxygens (including phenoxy) is 1. The number of nitrogens with zero attached hydrogens (tertiary/aromatic N) is 2. The second-order valence-corrected chi connectivity index (χ2v) is 8.33. The third kappa shape index (κ3) is 4.54. The summed E-state index contributed by atoms with van der Waals surface area (Å²) in [4.78, 5) is 4.90. The summed E-state index contributed by atoms with van der Waals surface area (Å²) in [5.74, 6) is 2.01. The van der Waals surface area contributed by atoms with Crippen molar-refractivity contribution in [3.8, 4) is 17.1 Å². The van der Waals surface area contributed by atoms with Gasteiger partial charge in [0.05, 0.1) is 17.6 Å². The monoisotopic (exact) mass is 448 g/mol. The standard InChI is InChI=1S/C25H25BrN2O/c1-18-12-13-19(2)24(16-18)29-15-6-5-14-28-23-11-4-3-10-22(23)27-25(28)20-8-7-9-21(26)17-20/h3-4,7-13,16-17H,5-6,14-15H2,1-2H3. The van der Waals surface area contributed by atoms with E-state index in [4.69, 9.17) is 9.72 Å². The van der Waals surface area contributed by atoms with Gasteiger partial charge in [-0.05, 0) is 68.1 Å². The minimum atomic E-state index is 0.725. The summed E-state index contributed by atoms with van der Waals surface area (Å²) in [5.41, 5.74) is 5.76. The fraction of sp³-hybridized carbons (Fsp3) is 0.240. The van der Waals surface area contributed by atoms with Gasteiger partial charge in [0.2, 0.25) is 0 Å². The average Bonchev–Trinajstić information content (AvgIpc) is 3.09. The van der Waals surface area contributed by atoms with Gasteiger partial charge < -0.3 is 9.30 Å². The Balaban J connectivity index is 1.47. The minimum absolute atomic E-state index is 0.725. The summed E-state index contributed by atoms with van der Waals surface area (Å²) in [6, 6.07) is 23.0. The van der Waals surface area contributed by atoms with Crippen molar-refractivity contribution in [1.29, 1.82) is 0 Å². The summed E-state index contributed by atoms with van der Waals surface area (Å²) in [7, 11) is 0. The number of hydrogen-bond acceptors (Lipinski definition) is 2. The highest BCUT2D eigenvalue weighted by Crippen LogP contribution is 2.27. The van der Waals surface area contributed by atoms with Crippen molar-refractivity contribution in [3.63, 3.8) is 0 Å². The van der Waals surface area contributed by atoms with Crippen LogP contribution in [0.3, 0.4) is 0 Å². The molecule has 3 nitrogen and oxygen atoms in total. The number of imidazole rings is 1. The molecule has 0 bridgehead atoms. The summed E-state index contributed by atoms with van der Waals surface area (Å²) >= 11 is 3.58. The zero-order chi connectivity index (χ0) is 20.2. The van der Waals surface area contributed by atoms with Crippen LogP contribution in [0.15, 0.2) is 71.2 Å². The molecule has 0 radical (unpaired) electrons. The molecule has 4 aromatic rings. The van der Waals surface area contributed by atoms with Crippen molar-refractivity contribution in [2.24, 2.45) is 0 Å². The average molecular weight is 449 g/mol. The van der Waals surface area contributed by atoms with Crippen LogP contribution in [0.4, 0.5) is 0 Å². The Morgan fingerprint density at radius 3 is 2.66 bits per heavy atom. The zero-order valence-corrected chi connectivity index (χ0v) is 18.4. The number of rotatable bonds is 7. The van der Waals surface area contributed by atoms with Gasteiger partial charge in [0.25, 0.3) is 0 Å². The number of fused-ring (bicyclic) bond motifs is 1. The van der Waals surface area contributed by atoms with Gasteiger partial charge in [-0.15, -0.1) is 0 Å². The number of aromatic nitrogens is 2. The van der Waals surface area contributed by atoms with Crippen LogP contribution in [-0.4, -0.2) is 16.2 Å². The van der Waals surface area contributed by atoms with Crippen molar-refractivity contribution >= 4 is 27.0 Å². The normalized spacial score (nSPS) is 11.1. The van der Waals surface area contributed by atoms with E-state index in [0.717, 1.165) is 53.1 Å². The molecule has 3 aromatic carbocycles. The molecular formula is C25H25BrN2O. The third-order valence-electron chi connectivity index (χ3n) is 5.11. The number of para-hydroxylation sites is 2. The first-order valence-corrected chi connectivity index (χ1v) is 10.8. The van der Waals surface area contributed by atoms with Crippen molar-refractivity contribution in [1.82, 2.24) is 9.55 Å². The molecule has 0 aliphatic carbocycles. The molecule has 0 saturated heterocycles. The second-order valence-electron chi connectivity index (χ2n) is 7.41. The quantitative estimate of drug-likeness (QED) is 0.286. The van der Waals surface area contributed by atoms with Gasteiger partial charge in [-0.3, -0.25) is 0 Å². The van der Waals surface area contributed by atoms with Crippen LogP contribution in [0.1, 0.15) is 24.0 Å². The molecule has 4 heteroatoms. The molecule has 0 unspecified atom stereocenters. The summed E-state index contributed by atoms with van der Waals surface area (Å²) in [6.45, 7) is 5.83. The van der Waals surface area contributed by atoms with Crippen molar-refractivity contribution in [2.75, 3.05) is 6.61 Å². The van der Waals surface area contributed by atoms with Gasteiger partial charge in [-0.1, -0.05) is 52.3 Å². The predicted octanol–water partition coefficient (Wildman–Crippen LogP) is 6.94. The molecule has 0 spiro atoms. The van der Waals surface area contributed by atoms with E-state index in [1.54, 1.807) is 0 Å². The van der Waals surface area contributed by atoms with Crippen molar-refractivity contribution in [2.45, 2.75) is 33.2 Å². The largest absolute Gasteiger partial charge is 0.493 e. The summed E-state index contributed by atoms with van der Waals surface area (Å²) in [5, 5.41) is 0. The van der Waals surface area contributed by atoms with E-state index in [1.165, 1.54) is 16.6 Å². The van der Waals surface area contributed by atoms with E-state index in [-0.39, 0.29) is 0 Å². The molecular weight excluding hydrogens is 424 g/mol. The molecule has 29 heavy (non-hydrogen) atoms. The highest BCUT2D eigenvalue weighted by molar-refractivity contribution is 9.10.